The fraction of sp³-hybridized carbons (Fsp3) is 0.688. The third-order valence-corrected chi connectivity index (χ3v) is 5.06. The predicted molar refractivity (Wildman–Crippen MR) is 92.3 cm³/mol. The molecule has 1 unspecified atom stereocenters. The number of piperidine rings is 1. The van der Waals surface area contributed by atoms with Gasteiger partial charge in [-0.3, -0.25) is 9.89 Å². The van der Waals surface area contributed by atoms with Gasteiger partial charge >= 0.3 is 0 Å². The number of likely N-dealkylation sites (tertiary alicyclic amines) is 1. The average molecular weight is 308 g/mol. The lowest BCUT2D eigenvalue weighted by Crippen LogP contribution is -2.49. The van der Waals surface area contributed by atoms with Crippen LogP contribution < -0.4 is 10.6 Å². The third kappa shape index (κ3) is 5.32. The van der Waals surface area contributed by atoms with Crippen molar-refractivity contribution in [2.45, 2.75) is 38.6 Å². The van der Waals surface area contributed by atoms with Crippen LogP contribution in [0.25, 0.3) is 0 Å². The lowest BCUT2D eigenvalue weighted by Gasteiger charge is -2.35. The Balaban J connectivity index is 1.69. The second-order valence-electron chi connectivity index (χ2n) is 5.49. The zero-order chi connectivity index (χ0) is 14.9. The molecule has 1 aliphatic heterocycles. The summed E-state index contributed by atoms with van der Waals surface area (Å²) in [6.45, 7) is 6.57. The van der Waals surface area contributed by atoms with Crippen LogP contribution in [0.4, 0.5) is 0 Å². The van der Waals surface area contributed by atoms with Gasteiger partial charge in [0.15, 0.2) is 5.96 Å². The van der Waals surface area contributed by atoms with Gasteiger partial charge < -0.3 is 10.6 Å². The Morgan fingerprint density at radius 1 is 1.43 bits per heavy atom. The molecular weight excluding hydrogens is 280 g/mol. The van der Waals surface area contributed by atoms with Crippen molar-refractivity contribution in [1.29, 1.82) is 0 Å². The number of thiophene rings is 1. The molecular formula is C16H28N4S. The molecule has 0 bridgehead atoms. The molecule has 1 fully saturated rings. The van der Waals surface area contributed by atoms with Crippen LogP contribution in [-0.2, 0) is 6.42 Å². The van der Waals surface area contributed by atoms with Gasteiger partial charge in [-0.05, 0) is 43.8 Å². The highest BCUT2D eigenvalue weighted by Gasteiger charge is 2.20. The molecule has 1 aliphatic rings. The summed E-state index contributed by atoms with van der Waals surface area (Å²) in [5.41, 5.74) is 0. The second-order valence-corrected chi connectivity index (χ2v) is 6.52. The Labute approximate surface area is 132 Å². The number of rotatable bonds is 6. The molecule has 1 aromatic heterocycles. The minimum atomic E-state index is 0.652. The number of aliphatic imine (C=N–C) groups is 1. The highest BCUT2D eigenvalue weighted by Crippen LogP contribution is 2.15. The Bertz CT molecular complexity index is 416. The summed E-state index contributed by atoms with van der Waals surface area (Å²) in [6, 6.07) is 4.94. The van der Waals surface area contributed by atoms with E-state index in [0.717, 1.165) is 32.0 Å². The number of hydrogen-bond acceptors (Lipinski definition) is 3. The van der Waals surface area contributed by atoms with E-state index < -0.39 is 0 Å². The molecule has 118 valence electrons. The van der Waals surface area contributed by atoms with Crippen molar-refractivity contribution in [1.82, 2.24) is 15.5 Å². The molecule has 0 amide bonds. The first-order valence-corrected chi connectivity index (χ1v) is 8.92. The fourth-order valence-corrected chi connectivity index (χ4v) is 3.61. The highest BCUT2D eigenvalue weighted by atomic mass is 32.1. The highest BCUT2D eigenvalue weighted by molar-refractivity contribution is 7.09. The van der Waals surface area contributed by atoms with Gasteiger partial charge in [-0.2, -0.15) is 0 Å². The van der Waals surface area contributed by atoms with Gasteiger partial charge in [-0.1, -0.05) is 19.4 Å². The summed E-state index contributed by atoms with van der Waals surface area (Å²) in [6.07, 6.45) is 5.06. The van der Waals surface area contributed by atoms with Gasteiger partial charge in [0.05, 0.1) is 0 Å². The Morgan fingerprint density at radius 3 is 3.05 bits per heavy atom. The molecule has 0 aliphatic carbocycles. The molecule has 0 radical (unpaired) electrons. The minimum Gasteiger partial charge on any atom is -0.356 e. The molecule has 21 heavy (non-hydrogen) atoms. The summed E-state index contributed by atoms with van der Waals surface area (Å²) in [4.78, 5) is 8.32. The first-order valence-electron chi connectivity index (χ1n) is 8.04. The van der Waals surface area contributed by atoms with Gasteiger partial charge in [-0.25, -0.2) is 0 Å². The molecule has 1 atom stereocenters. The van der Waals surface area contributed by atoms with E-state index in [1.807, 2.05) is 18.4 Å². The fourth-order valence-electron chi connectivity index (χ4n) is 2.90. The Kier molecular flexibility index (Phi) is 7.03. The van der Waals surface area contributed by atoms with Crippen molar-refractivity contribution in [3.8, 4) is 0 Å². The second kappa shape index (κ2) is 9.05. The number of likely N-dealkylation sites (N-methyl/N-ethyl adjacent to an activating group) is 1. The van der Waals surface area contributed by atoms with Crippen LogP contribution in [0.1, 0.15) is 31.1 Å². The van der Waals surface area contributed by atoms with E-state index in [9.17, 15) is 0 Å². The maximum Gasteiger partial charge on any atom is 0.191 e. The van der Waals surface area contributed by atoms with Crippen LogP contribution in [0.3, 0.4) is 0 Å². The number of hydrogen-bond donors (Lipinski definition) is 2. The molecule has 1 aromatic rings. The third-order valence-electron chi connectivity index (χ3n) is 4.13. The van der Waals surface area contributed by atoms with Crippen LogP contribution in [-0.4, -0.2) is 50.1 Å². The van der Waals surface area contributed by atoms with E-state index in [4.69, 9.17) is 0 Å². The zero-order valence-corrected chi connectivity index (χ0v) is 14.1. The zero-order valence-electron chi connectivity index (χ0n) is 13.3. The summed E-state index contributed by atoms with van der Waals surface area (Å²) in [7, 11) is 1.85. The topological polar surface area (TPSA) is 39.7 Å². The molecule has 4 nitrogen and oxygen atoms in total. The Morgan fingerprint density at radius 2 is 2.33 bits per heavy atom. The van der Waals surface area contributed by atoms with Crippen LogP contribution >= 0.6 is 11.3 Å². The van der Waals surface area contributed by atoms with Crippen molar-refractivity contribution in [3.63, 3.8) is 0 Å². The smallest absolute Gasteiger partial charge is 0.191 e. The van der Waals surface area contributed by atoms with Gasteiger partial charge in [0.25, 0.3) is 0 Å². The van der Waals surface area contributed by atoms with E-state index in [0.29, 0.717) is 6.04 Å². The molecule has 1 saturated heterocycles. The summed E-state index contributed by atoms with van der Waals surface area (Å²) in [5.74, 6) is 0.924. The maximum absolute atomic E-state index is 4.32. The van der Waals surface area contributed by atoms with Gasteiger partial charge in [0.1, 0.15) is 0 Å². The number of nitrogens with zero attached hydrogens (tertiary/aromatic N) is 2. The van der Waals surface area contributed by atoms with Crippen molar-refractivity contribution < 1.29 is 0 Å². The average Bonchev–Trinajstić information content (AvgIpc) is 3.04. The normalized spacial score (nSPS) is 20.5. The van der Waals surface area contributed by atoms with Gasteiger partial charge in [0, 0.05) is 31.1 Å². The lowest BCUT2D eigenvalue weighted by atomic mass is 10.0. The monoisotopic (exact) mass is 308 g/mol. The van der Waals surface area contributed by atoms with Crippen LogP contribution in [0, 0.1) is 0 Å². The molecule has 2 heterocycles. The van der Waals surface area contributed by atoms with Crippen molar-refractivity contribution in [2.24, 2.45) is 4.99 Å². The van der Waals surface area contributed by atoms with Crippen LogP contribution in [0.2, 0.25) is 0 Å². The quantitative estimate of drug-likeness (QED) is 0.626. The summed E-state index contributed by atoms with van der Waals surface area (Å²) < 4.78 is 0. The minimum absolute atomic E-state index is 0.652. The first kappa shape index (κ1) is 16.3. The summed E-state index contributed by atoms with van der Waals surface area (Å²) in [5, 5.41) is 9.02. The van der Waals surface area contributed by atoms with E-state index >= 15 is 0 Å². The molecule has 0 aromatic carbocycles. The lowest BCUT2D eigenvalue weighted by molar-refractivity contribution is 0.157. The van der Waals surface area contributed by atoms with E-state index in [1.165, 1.54) is 30.7 Å². The van der Waals surface area contributed by atoms with E-state index in [-0.39, 0.29) is 0 Å². The molecule has 0 spiro atoms. The van der Waals surface area contributed by atoms with E-state index in [1.54, 1.807) is 0 Å². The van der Waals surface area contributed by atoms with Crippen LogP contribution in [0.15, 0.2) is 22.5 Å². The molecule has 2 rings (SSSR count). The van der Waals surface area contributed by atoms with Crippen molar-refractivity contribution in [3.05, 3.63) is 22.4 Å². The first-order chi connectivity index (χ1) is 10.3. The van der Waals surface area contributed by atoms with Gasteiger partial charge in [0.2, 0.25) is 0 Å². The summed E-state index contributed by atoms with van der Waals surface area (Å²) >= 11 is 1.81. The van der Waals surface area contributed by atoms with E-state index in [2.05, 4.69) is 45.0 Å². The molecule has 0 saturated carbocycles. The number of guanidine groups is 1. The number of nitrogens with one attached hydrogen (secondary N) is 2. The largest absolute Gasteiger partial charge is 0.356 e. The maximum atomic E-state index is 4.32. The van der Waals surface area contributed by atoms with Crippen LogP contribution in [0.5, 0.6) is 0 Å². The standard InChI is InChI=1S/C16H28N4S/c1-3-20-11-5-4-7-14(20)13-19-16(17-2)18-10-9-15-8-6-12-21-15/h6,8,12,14H,3-5,7,9-11,13H2,1-2H3,(H2,17,18,19). The SMILES string of the molecule is CCN1CCCCC1CNC(=NC)NCCc1cccs1. The van der Waals surface area contributed by atoms with Crippen molar-refractivity contribution in [2.75, 3.05) is 33.2 Å². The van der Waals surface area contributed by atoms with Crippen molar-refractivity contribution >= 4 is 17.3 Å². The molecule has 2 N–H and O–H groups in total. The molecule has 5 heteroatoms. The Hall–Kier alpha value is -1.07. The van der Waals surface area contributed by atoms with Gasteiger partial charge in [-0.15, -0.1) is 11.3 Å². The predicted octanol–water partition coefficient (Wildman–Crippen LogP) is 2.33.